The minimum Gasteiger partial charge on any atom is -0.396 e. The highest BCUT2D eigenvalue weighted by Crippen LogP contribution is 2.23. The maximum Gasteiger partial charge on any atom is 0.111 e. The fourth-order valence-corrected chi connectivity index (χ4v) is 2.33. The second-order valence-corrected chi connectivity index (χ2v) is 5.12. The van der Waals surface area contributed by atoms with Crippen molar-refractivity contribution in [3.8, 4) is 0 Å². The van der Waals surface area contributed by atoms with Gasteiger partial charge in [-0.25, -0.2) is 0 Å². The topological polar surface area (TPSA) is 141 Å². The van der Waals surface area contributed by atoms with Gasteiger partial charge in [-0.15, -0.1) is 5.10 Å². The lowest BCUT2D eigenvalue weighted by atomic mass is 9.93. The van der Waals surface area contributed by atoms with Crippen molar-refractivity contribution in [2.45, 2.75) is 49.9 Å². The Bertz CT molecular complexity index is 440. The van der Waals surface area contributed by atoms with E-state index in [1.165, 1.54) is 0 Å². The predicted octanol–water partition coefficient (Wildman–Crippen LogP) is -2.95. The standard InChI is InChI=1S/C12H21N3O6/c16-3-1-2-15-5-7(13-14-15)4-8-10(18)12(20)11(19)9(6-17)21-8/h5,8-12,16-20H,1-4,6H2/t8-,9+,10-,11+,12+/m0/s1. The maximum absolute atomic E-state index is 9.93. The fourth-order valence-electron chi connectivity index (χ4n) is 2.33. The highest BCUT2D eigenvalue weighted by Gasteiger charge is 2.43. The van der Waals surface area contributed by atoms with E-state index in [0.717, 1.165) is 0 Å². The molecule has 0 unspecified atom stereocenters. The van der Waals surface area contributed by atoms with Crippen LogP contribution in [0.1, 0.15) is 12.1 Å². The summed E-state index contributed by atoms with van der Waals surface area (Å²) >= 11 is 0. The molecule has 1 saturated heterocycles. The average Bonchev–Trinajstić information content (AvgIpc) is 2.93. The molecule has 1 aromatic heterocycles. The van der Waals surface area contributed by atoms with E-state index in [2.05, 4.69) is 10.3 Å². The van der Waals surface area contributed by atoms with Gasteiger partial charge in [0.25, 0.3) is 0 Å². The summed E-state index contributed by atoms with van der Waals surface area (Å²) in [6.07, 6.45) is -3.31. The van der Waals surface area contributed by atoms with Gasteiger partial charge in [0.2, 0.25) is 0 Å². The Kier molecular flexibility index (Phi) is 5.62. The molecule has 0 bridgehead atoms. The highest BCUT2D eigenvalue weighted by atomic mass is 16.5. The Hall–Kier alpha value is -1.10. The molecule has 1 fully saturated rings. The van der Waals surface area contributed by atoms with Crippen molar-refractivity contribution in [2.24, 2.45) is 0 Å². The molecule has 9 heteroatoms. The minimum atomic E-state index is -1.38. The molecule has 5 atom stereocenters. The van der Waals surface area contributed by atoms with E-state index in [9.17, 15) is 15.3 Å². The van der Waals surface area contributed by atoms with Crippen molar-refractivity contribution in [2.75, 3.05) is 13.2 Å². The zero-order chi connectivity index (χ0) is 15.4. The van der Waals surface area contributed by atoms with Gasteiger partial charge in [-0.3, -0.25) is 4.68 Å². The number of ether oxygens (including phenoxy) is 1. The van der Waals surface area contributed by atoms with Gasteiger partial charge in [-0.2, -0.15) is 0 Å². The SMILES string of the molecule is OCCCn1cc(C[C@@H]2O[C@H](CO)[C@@H](O)[C@H](O)[C@H]2O)nn1. The Morgan fingerprint density at radius 3 is 2.48 bits per heavy atom. The first-order chi connectivity index (χ1) is 10.1. The molecule has 21 heavy (non-hydrogen) atoms. The second-order valence-electron chi connectivity index (χ2n) is 5.12. The Balaban J connectivity index is 1.99. The van der Waals surface area contributed by atoms with Crippen LogP contribution in [0.2, 0.25) is 0 Å². The zero-order valence-electron chi connectivity index (χ0n) is 11.5. The average molecular weight is 303 g/mol. The van der Waals surface area contributed by atoms with Crippen LogP contribution >= 0.6 is 0 Å². The largest absolute Gasteiger partial charge is 0.396 e. The summed E-state index contributed by atoms with van der Waals surface area (Å²) in [6, 6.07) is 0. The minimum absolute atomic E-state index is 0.0574. The lowest BCUT2D eigenvalue weighted by molar-refractivity contribution is -0.228. The molecule has 2 rings (SSSR count). The Morgan fingerprint density at radius 1 is 1.10 bits per heavy atom. The van der Waals surface area contributed by atoms with Crippen molar-refractivity contribution in [1.29, 1.82) is 0 Å². The summed E-state index contributed by atoms with van der Waals surface area (Å²) in [5.74, 6) is 0. The van der Waals surface area contributed by atoms with Crippen LogP contribution in [-0.2, 0) is 17.7 Å². The Labute approximate surface area is 121 Å². The van der Waals surface area contributed by atoms with Gasteiger partial charge in [0.05, 0.1) is 18.4 Å². The van der Waals surface area contributed by atoms with E-state index >= 15 is 0 Å². The van der Waals surface area contributed by atoms with Crippen LogP contribution in [0.5, 0.6) is 0 Å². The third kappa shape index (κ3) is 3.76. The van der Waals surface area contributed by atoms with Crippen LogP contribution in [0.25, 0.3) is 0 Å². The van der Waals surface area contributed by atoms with Crippen molar-refractivity contribution in [1.82, 2.24) is 15.0 Å². The third-order valence-electron chi connectivity index (χ3n) is 3.53. The molecule has 0 spiro atoms. The monoisotopic (exact) mass is 303 g/mol. The van der Waals surface area contributed by atoms with Gasteiger partial charge < -0.3 is 30.3 Å². The maximum atomic E-state index is 9.93. The van der Waals surface area contributed by atoms with Crippen molar-refractivity contribution in [3.63, 3.8) is 0 Å². The normalized spacial score (nSPS) is 33.3. The molecule has 120 valence electrons. The van der Waals surface area contributed by atoms with Gasteiger partial charge in [-0.05, 0) is 6.42 Å². The van der Waals surface area contributed by atoms with E-state index in [0.29, 0.717) is 18.7 Å². The first-order valence-corrected chi connectivity index (χ1v) is 6.87. The number of aryl methyl sites for hydroxylation is 1. The number of nitrogens with zero attached hydrogens (tertiary/aromatic N) is 3. The zero-order valence-corrected chi connectivity index (χ0v) is 11.5. The Morgan fingerprint density at radius 2 is 1.81 bits per heavy atom. The fraction of sp³-hybridized carbons (Fsp3) is 0.833. The van der Waals surface area contributed by atoms with Crippen LogP contribution in [0.4, 0.5) is 0 Å². The number of rotatable bonds is 6. The smallest absolute Gasteiger partial charge is 0.111 e. The van der Waals surface area contributed by atoms with Crippen LogP contribution in [0.15, 0.2) is 6.20 Å². The summed E-state index contributed by atoms with van der Waals surface area (Å²) in [5, 5.41) is 55.0. The molecule has 2 heterocycles. The summed E-state index contributed by atoms with van der Waals surface area (Å²) in [6.45, 7) is 0.130. The molecule has 0 amide bonds. The highest BCUT2D eigenvalue weighted by molar-refractivity contribution is 5.01. The summed E-state index contributed by atoms with van der Waals surface area (Å²) in [5.41, 5.74) is 0.553. The van der Waals surface area contributed by atoms with Crippen LogP contribution in [0.3, 0.4) is 0 Å². The van der Waals surface area contributed by atoms with Crippen molar-refractivity contribution < 1.29 is 30.3 Å². The van der Waals surface area contributed by atoms with E-state index in [1.54, 1.807) is 10.9 Å². The number of aliphatic hydroxyl groups is 5. The molecule has 1 aliphatic rings. The molecule has 0 saturated carbocycles. The van der Waals surface area contributed by atoms with E-state index in [1.807, 2.05) is 0 Å². The molecule has 9 nitrogen and oxygen atoms in total. The quantitative estimate of drug-likeness (QED) is 0.375. The van der Waals surface area contributed by atoms with Crippen LogP contribution in [0, 0.1) is 0 Å². The number of hydrogen-bond acceptors (Lipinski definition) is 8. The van der Waals surface area contributed by atoms with Gasteiger partial charge in [-0.1, -0.05) is 5.21 Å². The van der Waals surface area contributed by atoms with E-state index < -0.39 is 37.1 Å². The van der Waals surface area contributed by atoms with Crippen LogP contribution < -0.4 is 0 Å². The molecule has 1 aliphatic heterocycles. The molecule has 1 aromatic rings. The molecular weight excluding hydrogens is 282 g/mol. The molecule has 5 N–H and O–H groups in total. The van der Waals surface area contributed by atoms with Gasteiger partial charge >= 0.3 is 0 Å². The van der Waals surface area contributed by atoms with E-state index in [-0.39, 0.29) is 13.0 Å². The lowest BCUT2D eigenvalue weighted by Gasteiger charge is -2.39. The molecule has 0 aliphatic carbocycles. The van der Waals surface area contributed by atoms with Gasteiger partial charge in [0.1, 0.15) is 24.4 Å². The third-order valence-corrected chi connectivity index (χ3v) is 3.53. The van der Waals surface area contributed by atoms with Gasteiger partial charge in [0, 0.05) is 25.8 Å². The lowest BCUT2D eigenvalue weighted by Crippen LogP contribution is -2.59. The summed E-state index contributed by atoms with van der Waals surface area (Å²) in [4.78, 5) is 0. The van der Waals surface area contributed by atoms with Crippen molar-refractivity contribution in [3.05, 3.63) is 11.9 Å². The molecule has 0 radical (unpaired) electrons. The van der Waals surface area contributed by atoms with E-state index in [4.69, 9.17) is 14.9 Å². The molecule has 0 aromatic carbocycles. The first-order valence-electron chi connectivity index (χ1n) is 6.87. The van der Waals surface area contributed by atoms with Gasteiger partial charge in [0.15, 0.2) is 0 Å². The number of aliphatic hydroxyl groups excluding tert-OH is 5. The molecular formula is C12H21N3O6. The first kappa shape index (κ1) is 16.3. The number of hydrogen-bond donors (Lipinski definition) is 5. The van der Waals surface area contributed by atoms with Crippen molar-refractivity contribution >= 4 is 0 Å². The van der Waals surface area contributed by atoms with Crippen LogP contribution in [-0.4, -0.2) is 84.3 Å². The number of aromatic nitrogens is 3. The summed E-state index contributed by atoms with van der Waals surface area (Å²) in [7, 11) is 0. The second kappa shape index (κ2) is 7.25. The summed E-state index contributed by atoms with van der Waals surface area (Å²) < 4.78 is 6.96. The predicted molar refractivity (Wildman–Crippen MR) is 69.2 cm³/mol.